The highest BCUT2D eigenvalue weighted by Crippen LogP contribution is 2.31. The molecular formula is C20H24N6OS. The van der Waals surface area contributed by atoms with Gasteiger partial charge >= 0.3 is 0 Å². The number of carbonyl (C=O) groups excluding carboxylic acids is 1. The first-order chi connectivity index (χ1) is 13.7. The number of pyridine rings is 1. The first kappa shape index (κ1) is 18.8. The maximum atomic E-state index is 13.0. The molecule has 7 nitrogen and oxygen atoms in total. The van der Waals surface area contributed by atoms with Crippen LogP contribution in [0.15, 0.2) is 36.0 Å². The monoisotopic (exact) mass is 396 g/mol. The number of nitrogens with zero attached hydrogens (tertiary/aromatic N) is 5. The van der Waals surface area contributed by atoms with Crippen LogP contribution in [0.4, 0.5) is 0 Å². The van der Waals surface area contributed by atoms with Crippen molar-refractivity contribution in [1.29, 1.82) is 0 Å². The molecule has 0 bridgehead atoms. The van der Waals surface area contributed by atoms with E-state index in [1.54, 1.807) is 12.4 Å². The first-order valence-electron chi connectivity index (χ1n) is 9.57. The van der Waals surface area contributed by atoms with Crippen molar-refractivity contribution >= 4 is 17.2 Å². The van der Waals surface area contributed by atoms with Crippen LogP contribution in [0.5, 0.6) is 0 Å². The lowest BCUT2D eigenvalue weighted by Gasteiger charge is -2.36. The van der Waals surface area contributed by atoms with Crippen molar-refractivity contribution in [3.05, 3.63) is 41.7 Å². The number of nitrogens with one attached hydrogen (secondary N) is 1. The van der Waals surface area contributed by atoms with Crippen molar-refractivity contribution in [2.75, 3.05) is 26.7 Å². The molecule has 1 amide bonds. The van der Waals surface area contributed by atoms with Gasteiger partial charge < -0.3 is 9.80 Å². The van der Waals surface area contributed by atoms with Gasteiger partial charge in [0.05, 0.1) is 23.1 Å². The molecule has 0 unspecified atom stereocenters. The average Bonchev–Trinajstić information content (AvgIpc) is 3.43. The van der Waals surface area contributed by atoms with Crippen LogP contribution >= 0.6 is 11.3 Å². The number of aromatic amines is 1. The Balaban J connectivity index is 1.51. The van der Waals surface area contributed by atoms with Crippen molar-refractivity contribution in [2.45, 2.75) is 25.8 Å². The molecule has 3 aromatic heterocycles. The molecule has 0 radical (unpaired) electrons. The summed E-state index contributed by atoms with van der Waals surface area (Å²) in [5.41, 5.74) is 2.97. The summed E-state index contributed by atoms with van der Waals surface area (Å²) in [5.74, 6) is -0.0136. The van der Waals surface area contributed by atoms with Crippen LogP contribution in [0.2, 0.25) is 0 Å². The maximum Gasteiger partial charge on any atom is 0.273 e. The van der Waals surface area contributed by atoms with Crippen molar-refractivity contribution in [2.24, 2.45) is 0 Å². The molecule has 1 saturated heterocycles. The van der Waals surface area contributed by atoms with E-state index >= 15 is 0 Å². The summed E-state index contributed by atoms with van der Waals surface area (Å²) >= 11 is 1.46. The van der Waals surface area contributed by atoms with Crippen molar-refractivity contribution in [3.8, 4) is 22.0 Å². The molecule has 0 aromatic carbocycles. The van der Waals surface area contributed by atoms with Gasteiger partial charge in [0.25, 0.3) is 5.91 Å². The Hall–Kier alpha value is -2.58. The number of amides is 1. The second-order valence-electron chi connectivity index (χ2n) is 6.99. The summed E-state index contributed by atoms with van der Waals surface area (Å²) in [7, 11) is 1.89. The van der Waals surface area contributed by atoms with Crippen LogP contribution in [0.1, 0.15) is 30.3 Å². The molecule has 1 fully saturated rings. The molecule has 0 aliphatic carbocycles. The molecule has 0 saturated carbocycles. The summed E-state index contributed by atoms with van der Waals surface area (Å²) in [6.07, 6.45) is 5.51. The highest BCUT2D eigenvalue weighted by Gasteiger charge is 2.27. The minimum Gasteiger partial charge on any atom is -0.337 e. The minimum atomic E-state index is -0.0136. The Morgan fingerprint density at radius 1 is 1.36 bits per heavy atom. The quantitative estimate of drug-likeness (QED) is 0.717. The third kappa shape index (κ3) is 3.70. The molecule has 4 rings (SSSR count). The number of piperidine rings is 1. The number of rotatable bonds is 5. The summed E-state index contributed by atoms with van der Waals surface area (Å²) < 4.78 is 0. The molecule has 3 aromatic rings. The molecule has 1 aliphatic rings. The van der Waals surface area contributed by atoms with Gasteiger partial charge in [-0.3, -0.25) is 14.9 Å². The zero-order valence-electron chi connectivity index (χ0n) is 16.1. The van der Waals surface area contributed by atoms with Crippen LogP contribution in [-0.4, -0.2) is 68.6 Å². The molecule has 4 heterocycles. The van der Waals surface area contributed by atoms with E-state index in [-0.39, 0.29) is 11.9 Å². The van der Waals surface area contributed by atoms with Gasteiger partial charge in [-0.15, -0.1) is 11.3 Å². The lowest BCUT2D eigenvalue weighted by Crippen LogP contribution is -2.45. The number of hydrogen-bond acceptors (Lipinski definition) is 6. The van der Waals surface area contributed by atoms with Gasteiger partial charge in [0.1, 0.15) is 10.7 Å². The van der Waals surface area contributed by atoms with Crippen LogP contribution in [-0.2, 0) is 0 Å². The fourth-order valence-corrected chi connectivity index (χ4v) is 4.43. The molecule has 28 heavy (non-hydrogen) atoms. The van der Waals surface area contributed by atoms with E-state index in [4.69, 9.17) is 0 Å². The molecule has 1 N–H and O–H groups in total. The van der Waals surface area contributed by atoms with E-state index in [2.05, 4.69) is 32.0 Å². The predicted octanol–water partition coefficient (Wildman–Crippen LogP) is 3.15. The highest BCUT2D eigenvalue weighted by molar-refractivity contribution is 7.13. The molecule has 0 atom stereocenters. The van der Waals surface area contributed by atoms with Gasteiger partial charge in [-0.25, -0.2) is 4.98 Å². The molecular weight excluding hydrogens is 372 g/mol. The first-order valence-corrected chi connectivity index (χ1v) is 10.5. The van der Waals surface area contributed by atoms with E-state index in [0.29, 0.717) is 5.69 Å². The Kier molecular flexibility index (Phi) is 5.50. The lowest BCUT2D eigenvalue weighted by molar-refractivity contribution is 0.0642. The zero-order valence-corrected chi connectivity index (χ0v) is 16.9. The van der Waals surface area contributed by atoms with Gasteiger partial charge in [-0.1, -0.05) is 13.0 Å². The molecule has 8 heteroatoms. The molecule has 0 spiro atoms. The fraction of sp³-hybridized carbons (Fsp3) is 0.400. The van der Waals surface area contributed by atoms with Gasteiger partial charge in [0, 0.05) is 37.8 Å². The summed E-state index contributed by atoms with van der Waals surface area (Å²) in [5, 5.41) is 9.76. The average molecular weight is 397 g/mol. The van der Waals surface area contributed by atoms with Crippen LogP contribution < -0.4 is 0 Å². The van der Waals surface area contributed by atoms with E-state index < -0.39 is 0 Å². The predicted molar refractivity (Wildman–Crippen MR) is 110 cm³/mol. The van der Waals surface area contributed by atoms with Gasteiger partial charge in [0.2, 0.25) is 0 Å². The number of carbonyl (C=O) groups is 1. The number of thiazole rings is 1. The number of H-pyrrole nitrogens is 1. The van der Waals surface area contributed by atoms with Crippen LogP contribution in [0, 0.1) is 0 Å². The van der Waals surface area contributed by atoms with Crippen LogP contribution in [0.3, 0.4) is 0 Å². The zero-order chi connectivity index (χ0) is 19.5. The fourth-order valence-electron chi connectivity index (χ4n) is 3.62. The lowest BCUT2D eigenvalue weighted by atomic mass is 10.0. The molecule has 146 valence electrons. The normalized spacial score (nSPS) is 15.6. The second kappa shape index (κ2) is 8.20. The number of hydrogen-bond donors (Lipinski definition) is 1. The summed E-state index contributed by atoms with van der Waals surface area (Å²) in [6.45, 7) is 5.34. The Labute approximate surface area is 168 Å². The van der Waals surface area contributed by atoms with E-state index in [0.717, 1.165) is 54.4 Å². The van der Waals surface area contributed by atoms with Gasteiger partial charge in [-0.05, 0) is 31.5 Å². The number of likely N-dealkylation sites (tertiary alicyclic amines) is 1. The topological polar surface area (TPSA) is 78.0 Å². The summed E-state index contributed by atoms with van der Waals surface area (Å²) in [4.78, 5) is 26.2. The van der Waals surface area contributed by atoms with E-state index in [1.807, 2.05) is 35.5 Å². The van der Waals surface area contributed by atoms with Gasteiger partial charge in [-0.2, -0.15) is 5.10 Å². The maximum absolute atomic E-state index is 13.0. The Bertz CT molecular complexity index is 929. The standard InChI is InChI=1S/C20H24N6OS/c1-3-26-10-7-14(8-11-26)25(2)20(27)17-13-28-19(23-17)15-12-22-24-18(15)16-6-4-5-9-21-16/h4-6,9,12-14H,3,7-8,10-11H2,1-2H3,(H,22,24). The van der Waals surface area contributed by atoms with E-state index in [9.17, 15) is 4.79 Å². The second-order valence-corrected chi connectivity index (χ2v) is 7.85. The third-order valence-corrected chi connectivity index (χ3v) is 6.26. The van der Waals surface area contributed by atoms with Gasteiger partial charge in [0.15, 0.2) is 0 Å². The SMILES string of the molecule is CCN1CCC(N(C)C(=O)c2csc(-c3cn[nH]c3-c3ccccn3)n2)CC1. The van der Waals surface area contributed by atoms with E-state index in [1.165, 1.54) is 11.3 Å². The third-order valence-electron chi connectivity index (χ3n) is 5.39. The molecule has 1 aliphatic heterocycles. The Morgan fingerprint density at radius 2 is 2.18 bits per heavy atom. The highest BCUT2D eigenvalue weighted by atomic mass is 32.1. The van der Waals surface area contributed by atoms with Crippen molar-refractivity contribution in [3.63, 3.8) is 0 Å². The summed E-state index contributed by atoms with van der Waals surface area (Å²) in [6, 6.07) is 6.01. The van der Waals surface area contributed by atoms with Crippen molar-refractivity contribution in [1.82, 2.24) is 30.0 Å². The number of aromatic nitrogens is 4. The minimum absolute atomic E-state index is 0.0136. The Morgan fingerprint density at radius 3 is 2.89 bits per heavy atom. The largest absolute Gasteiger partial charge is 0.337 e. The smallest absolute Gasteiger partial charge is 0.273 e. The van der Waals surface area contributed by atoms with Crippen LogP contribution in [0.25, 0.3) is 22.0 Å². The van der Waals surface area contributed by atoms with Crippen molar-refractivity contribution < 1.29 is 4.79 Å².